The Labute approximate surface area is 806 Å². The molecular formula is C93H105Cl7N4O30. The molecule has 4 unspecified atom stereocenters. The van der Waals surface area contributed by atoms with Gasteiger partial charge in [-0.2, -0.15) is 0 Å². The summed E-state index contributed by atoms with van der Waals surface area (Å²) < 4.78 is 77.5. The van der Waals surface area contributed by atoms with Crippen LogP contribution in [0.1, 0.15) is 160 Å². The van der Waals surface area contributed by atoms with Crippen LogP contribution in [0.4, 0.5) is 33.6 Å². The molecule has 8 fully saturated rings. The number of phenols is 2. The van der Waals surface area contributed by atoms with Gasteiger partial charge in [-0.1, -0.05) is 36.9 Å². The van der Waals surface area contributed by atoms with Gasteiger partial charge < -0.3 is 111 Å². The number of hydrogen-bond donors (Lipinski definition) is 5. The Balaban J connectivity index is 0.000000129. The van der Waals surface area contributed by atoms with Crippen LogP contribution in [0.15, 0.2) is 61.2 Å². The summed E-state index contributed by atoms with van der Waals surface area (Å²) in [6.45, 7) is 6.24. The van der Waals surface area contributed by atoms with Gasteiger partial charge in [0.1, 0.15) is 6.61 Å². The maximum atomic E-state index is 13.5. The molecule has 3 amide bonds. The Kier molecular flexibility index (Phi) is 28.9. The van der Waals surface area contributed by atoms with Gasteiger partial charge in [-0.25, -0.2) is 33.6 Å². The molecule has 0 radical (unpaired) electrons. The standard InChI is InChI=1S/C28H32Cl3NO10.C24H27Cl2NO8.C20H21NO6.C17H19NO4.C4H6Cl2O2/c29-9-1-13-37-24(34)32-12-8-27-21-17-4-5-19(40-25(35)38-14-2-10-30)22(21)41-23(27)18(33)6-7-28(27,20(32)16-17)42-26(36)39-15-3-11-31;25-8-1-11-32-21(29)27-10-7-23-18-14-3-4-16(34-22(30)33-12-2-9-26)19(18)35-20(23)15(28)5-6-24(23,31)17(27)13-14;1-2-9-26-18(24)21-8-7-19-15-11-3-4-12(22)16(15)27-17(19)13(23)5-6-20(19,25)14(21)10-11;1-18-7-6-16-13-9-2-3-10(19)14(13)22-15(16)11(20)4-5-17(16,21)12(18)8-9;5-2-1-3-8-4(6)7/h4-5,20,23H,1-3,6-16H2;3-4,17,20,31H,1-2,5-13H2;2-4,14,17,22,25H,1,5-10H2;2-3,12,15,19,21H,4-8H2,1H3;1-3H2/t20-,23+,27+,28?;17-,20+,23+,24?;14-,17+,19+,20?;12-,15+,16+,17?;/m1111./s1. The molecule has 8 heterocycles. The Morgan fingerprint density at radius 1 is 0.403 bits per heavy atom. The van der Waals surface area contributed by atoms with Gasteiger partial charge in [-0.15, -0.1) is 69.6 Å². The molecule has 0 aromatic heterocycles. The first-order valence-corrected chi connectivity index (χ1v) is 48.8. The van der Waals surface area contributed by atoms with Crippen molar-refractivity contribution in [1.29, 1.82) is 0 Å². The molecule has 4 spiro atoms. The Morgan fingerprint density at radius 3 is 1.14 bits per heavy atom. The minimum Gasteiger partial charge on any atom is -0.504 e. The molecule has 134 heavy (non-hydrogen) atoms. The van der Waals surface area contributed by atoms with E-state index >= 15 is 0 Å². The molecule has 8 aliphatic heterocycles. The molecule has 5 N–H and O–H groups in total. The molecule has 20 rings (SSSR count). The summed E-state index contributed by atoms with van der Waals surface area (Å²) in [7, 11) is 2.04. The van der Waals surface area contributed by atoms with Crippen molar-refractivity contribution in [3.8, 4) is 46.0 Å². The minimum atomic E-state index is -1.40. The van der Waals surface area contributed by atoms with Gasteiger partial charge in [0.25, 0.3) is 0 Å². The summed E-state index contributed by atoms with van der Waals surface area (Å²) in [6.07, 6.45) is 1.95. The van der Waals surface area contributed by atoms with Crippen LogP contribution in [0.5, 0.6) is 46.0 Å². The lowest BCUT2D eigenvalue weighted by molar-refractivity contribution is -0.192. The number of rotatable bonds is 23. The van der Waals surface area contributed by atoms with E-state index in [1.807, 2.05) is 13.1 Å². The quantitative estimate of drug-likeness (QED) is 0.00875. The first-order chi connectivity index (χ1) is 64.4. The molecule has 4 aromatic carbocycles. The molecule has 4 saturated heterocycles. The van der Waals surface area contributed by atoms with E-state index in [9.17, 15) is 78.3 Å². The molecule has 34 nitrogen and oxygen atoms in total. The van der Waals surface area contributed by atoms with Gasteiger partial charge in [0.05, 0.1) is 96.2 Å². The van der Waals surface area contributed by atoms with Gasteiger partial charge in [0.15, 0.2) is 99.1 Å². The van der Waals surface area contributed by atoms with Crippen molar-refractivity contribution in [2.45, 2.75) is 234 Å². The number of likely N-dealkylation sites (tertiary alicyclic amines) is 4. The number of hydrogen-bond acceptors (Lipinski definition) is 31. The van der Waals surface area contributed by atoms with E-state index in [-0.39, 0.29) is 161 Å². The van der Waals surface area contributed by atoms with E-state index in [1.54, 1.807) is 57.2 Å². The Morgan fingerprint density at radius 2 is 0.724 bits per heavy atom. The average molecular weight is 2010 g/mol. The van der Waals surface area contributed by atoms with Gasteiger partial charge >= 0.3 is 42.2 Å². The number of amides is 3. The number of ether oxygens (including phenoxy) is 14. The monoisotopic (exact) mass is 2000 g/mol. The highest BCUT2D eigenvalue weighted by molar-refractivity contribution is 6.61. The van der Waals surface area contributed by atoms with E-state index in [2.05, 4.69) is 16.2 Å². The van der Waals surface area contributed by atoms with E-state index in [4.69, 9.17) is 143 Å². The van der Waals surface area contributed by atoms with E-state index in [0.717, 1.165) is 46.3 Å². The highest BCUT2D eigenvalue weighted by Crippen LogP contribution is 2.71. The normalized spacial score (nSPS) is 30.6. The van der Waals surface area contributed by atoms with E-state index in [1.165, 1.54) is 6.08 Å². The van der Waals surface area contributed by atoms with Gasteiger partial charge in [-0.05, 0) is 176 Å². The van der Waals surface area contributed by atoms with Crippen LogP contribution < -0.4 is 28.4 Å². The largest absolute Gasteiger partial charge is 0.513 e. The highest BCUT2D eigenvalue weighted by Gasteiger charge is 2.80. The molecule has 726 valence electrons. The number of aromatic hydroxyl groups is 2. The molecule has 4 saturated carbocycles. The third-order valence-electron chi connectivity index (χ3n) is 29.9. The lowest BCUT2D eigenvalue weighted by atomic mass is 9.49. The summed E-state index contributed by atoms with van der Waals surface area (Å²) in [4.78, 5) is 145. The molecular weight excluding hydrogens is 1900 g/mol. The van der Waals surface area contributed by atoms with Crippen LogP contribution in [-0.4, -0.2) is 296 Å². The first-order valence-electron chi connectivity index (χ1n) is 45.2. The Bertz CT molecular complexity index is 5310. The molecule has 8 bridgehead atoms. The van der Waals surface area contributed by atoms with Gasteiger partial charge in [0.2, 0.25) is 0 Å². The number of benzene rings is 4. The number of likely N-dealkylation sites (N-methyl/N-ethyl adjacent to an activating group) is 1. The predicted octanol–water partition coefficient (Wildman–Crippen LogP) is 12.6. The van der Waals surface area contributed by atoms with Crippen molar-refractivity contribution < 1.29 is 145 Å². The zero-order chi connectivity index (χ0) is 95.4. The fourth-order valence-corrected chi connectivity index (χ4v) is 25.3. The lowest BCUT2D eigenvalue weighted by Crippen LogP contribution is -2.78. The second-order valence-electron chi connectivity index (χ2n) is 36.1. The molecule has 16 atom stereocenters. The number of carbonyl (C=O) groups is 11. The van der Waals surface area contributed by atoms with Crippen molar-refractivity contribution in [2.75, 3.05) is 115 Å². The second kappa shape index (κ2) is 39.5. The first kappa shape index (κ1) is 98.1. The zero-order valence-corrected chi connectivity index (χ0v) is 78.8. The highest BCUT2D eigenvalue weighted by atomic mass is 35.5. The topological polar surface area (TPSA) is 431 Å². The van der Waals surface area contributed by atoms with Crippen LogP contribution in [0, 0.1) is 0 Å². The maximum absolute atomic E-state index is 13.5. The van der Waals surface area contributed by atoms with E-state index in [0.29, 0.717) is 161 Å². The van der Waals surface area contributed by atoms with Crippen LogP contribution >= 0.6 is 81.2 Å². The molecule has 4 aromatic rings. The van der Waals surface area contributed by atoms with Crippen molar-refractivity contribution in [1.82, 2.24) is 19.6 Å². The second-order valence-corrected chi connectivity index (χ2v) is 38.7. The van der Waals surface area contributed by atoms with Crippen LogP contribution in [0.2, 0.25) is 0 Å². The number of halogens is 7. The third kappa shape index (κ3) is 16.0. The van der Waals surface area contributed by atoms with Crippen molar-refractivity contribution in [3.63, 3.8) is 0 Å². The summed E-state index contributed by atoms with van der Waals surface area (Å²) in [6, 6.07) is 11.9. The Hall–Kier alpha value is -8.94. The number of alkyl halides is 6. The molecule has 16 aliphatic rings. The van der Waals surface area contributed by atoms with Crippen molar-refractivity contribution >= 4 is 147 Å². The summed E-state index contributed by atoms with van der Waals surface area (Å²) in [5, 5.41) is 56.2. The number of phenolic OH excluding ortho intramolecular Hbond substituents is 2. The van der Waals surface area contributed by atoms with E-state index < -0.39 is 129 Å². The lowest BCUT2D eigenvalue weighted by Gasteiger charge is -2.62. The number of Topliss-reactive ketones (excluding diaryl/α,β-unsaturated/α-hetero) is 4. The van der Waals surface area contributed by atoms with Crippen molar-refractivity contribution in [2.24, 2.45) is 0 Å². The zero-order valence-electron chi connectivity index (χ0n) is 73.5. The summed E-state index contributed by atoms with van der Waals surface area (Å²) in [5.74, 6) is 3.40. The van der Waals surface area contributed by atoms with Crippen molar-refractivity contribution in [3.05, 3.63) is 106 Å². The number of carbonyl (C=O) groups excluding carboxylic acids is 11. The molecule has 8 aliphatic carbocycles. The number of ketones is 4. The van der Waals surface area contributed by atoms with Gasteiger partial charge in [-0.3, -0.25) is 19.2 Å². The third-order valence-corrected chi connectivity index (χ3v) is 31.6. The number of piperidine rings is 4. The van der Waals surface area contributed by atoms with Crippen LogP contribution in [0.3, 0.4) is 0 Å². The number of aliphatic hydroxyl groups is 3. The predicted molar refractivity (Wildman–Crippen MR) is 479 cm³/mol. The molecule has 41 heteroatoms. The minimum absolute atomic E-state index is 0.00319. The summed E-state index contributed by atoms with van der Waals surface area (Å²) in [5.41, 5.74) is -3.01. The van der Waals surface area contributed by atoms with Gasteiger partial charge in [0, 0.05) is 120 Å². The fourth-order valence-electron chi connectivity index (χ4n) is 24.6. The number of nitrogens with zero attached hydrogens (tertiary/aromatic N) is 4. The summed E-state index contributed by atoms with van der Waals surface area (Å²) >= 11 is 38.6. The van der Waals surface area contributed by atoms with Crippen LogP contribution in [-0.2, 0) is 104 Å². The van der Waals surface area contributed by atoms with Crippen LogP contribution in [0.25, 0.3) is 0 Å². The average Bonchev–Trinajstić information content (AvgIpc) is 1.47. The fraction of sp³-hybridized carbons (Fsp3) is 0.602. The smallest absolute Gasteiger partial charge is 0.504 e. The maximum Gasteiger partial charge on any atom is 0.513 e. The SMILES string of the molecule is C=CCOC(=O)N1CC[C@]23c4c5ccc(O)c4O[C@H]2C(=O)CCC3(O)[C@H]1C5.CN1CC[C@]23c4c5ccc(O)c4O[C@H]2C(=O)CCC3(O)[C@H]1C5.O=C(Cl)OCCCCl.O=C(OCCCCl)Oc1ccc2c3c1O[C@H]1C(=O)CCC4(O)[C@@H](C2)N(C(=O)OCCCCl)CC[C@]314.O=C(OCCCCl)Oc1ccc2c3c1O[C@H]1C(=O)CCC4(OC(=O)OCCCCl)[C@@H](C2)N(C(=O)OCCCCl)CC[C@]314.